The van der Waals surface area contributed by atoms with E-state index in [2.05, 4.69) is 0 Å². The van der Waals surface area contributed by atoms with E-state index in [0.717, 1.165) is 0 Å². The lowest BCUT2D eigenvalue weighted by molar-refractivity contribution is -0.114. The monoisotopic (exact) mass is 534 g/mol. The number of halogens is 2. The second-order valence-electron chi connectivity index (χ2n) is 3.99. The summed E-state index contributed by atoms with van der Waals surface area (Å²) in [5.41, 5.74) is 0. The van der Waals surface area contributed by atoms with E-state index in [1.807, 2.05) is 18.2 Å². The zero-order valence-corrected chi connectivity index (χ0v) is 16.1. The molecule has 0 heterocycles. The lowest BCUT2D eigenvalue weighted by Gasteiger charge is -2.09. The highest BCUT2D eigenvalue weighted by Gasteiger charge is 2.00. The van der Waals surface area contributed by atoms with E-state index in [0.29, 0.717) is 37.9 Å². The fraction of sp³-hybridized carbons (Fsp3) is 0.429. The standard InChI is InChI=1S/C14H16I2O6/c15-13(17)9-19-4-6-21-11-2-1-3-12(8-11)22-7-5-20-10-14(16)18/h1-3,8H,4-7,9-10H2. The second-order valence-corrected chi connectivity index (χ2v) is 6.39. The van der Waals surface area contributed by atoms with Crippen LogP contribution in [0, 0.1) is 0 Å². The van der Waals surface area contributed by atoms with Crippen LogP contribution in [0.15, 0.2) is 24.3 Å². The van der Waals surface area contributed by atoms with Gasteiger partial charge in [-0.25, -0.2) is 0 Å². The smallest absolute Gasteiger partial charge is 0.217 e. The third-order valence-electron chi connectivity index (χ3n) is 2.23. The molecule has 8 heteroatoms. The zero-order valence-electron chi connectivity index (χ0n) is 11.8. The quantitative estimate of drug-likeness (QED) is 0.233. The van der Waals surface area contributed by atoms with E-state index in [-0.39, 0.29) is 20.8 Å². The van der Waals surface area contributed by atoms with Crippen molar-refractivity contribution >= 4 is 52.8 Å². The Bertz CT molecular complexity index is 441. The van der Waals surface area contributed by atoms with Gasteiger partial charge in [-0.3, -0.25) is 9.59 Å². The van der Waals surface area contributed by atoms with Gasteiger partial charge in [0.25, 0.3) is 0 Å². The van der Waals surface area contributed by atoms with Gasteiger partial charge < -0.3 is 18.9 Å². The average Bonchev–Trinajstić information content (AvgIpc) is 2.46. The maximum atomic E-state index is 10.7. The first-order valence-corrected chi connectivity index (χ1v) is 8.61. The molecule has 0 fully saturated rings. The molecule has 22 heavy (non-hydrogen) atoms. The van der Waals surface area contributed by atoms with Crippen LogP contribution in [-0.2, 0) is 19.1 Å². The van der Waals surface area contributed by atoms with E-state index in [1.165, 1.54) is 0 Å². The average molecular weight is 534 g/mol. The number of carbonyl (C=O) groups excluding carboxylic acids is 2. The Kier molecular flexibility index (Phi) is 10.7. The molecular formula is C14H16I2O6. The van der Waals surface area contributed by atoms with Crippen LogP contribution in [0.5, 0.6) is 11.5 Å². The molecule has 0 spiro atoms. The molecule has 6 nitrogen and oxygen atoms in total. The Morgan fingerprint density at radius 1 is 0.818 bits per heavy atom. The molecular weight excluding hydrogens is 518 g/mol. The Morgan fingerprint density at radius 3 is 1.68 bits per heavy atom. The number of hydrogen-bond donors (Lipinski definition) is 0. The van der Waals surface area contributed by atoms with Gasteiger partial charge in [-0.05, 0) is 12.1 Å². The van der Waals surface area contributed by atoms with Gasteiger partial charge in [0.15, 0.2) is 0 Å². The first kappa shape index (κ1) is 19.6. The van der Waals surface area contributed by atoms with Gasteiger partial charge in [0.2, 0.25) is 7.58 Å². The lowest BCUT2D eigenvalue weighted by Crippen LogP contribution is -2.11. The van der Waals surface area contributed by atoms with E-state index >= 15 is 0 Å². The van der Waals surface area contributed by atoms with Crippen LogP contribution in [0.3, 0.4) is 0 Å². The molecule has 1 aromatic carbocycles. The van der Waals surface area contributed by atoms with E-state index in [1.54, 1.807) is 51.2 Å². The highest BCUT2D eigenvalue weighted by Crippen LogP contribution is 2.19. The second kappa shape index (κ2) is 12.0. The van der Waals surface area contributed by atoms with Crippen LogP contribution in [0.4, 0.5) is 0 Å². The Morgan fingerprint density at radius 2 is 1.27 bits per heavy atom. The molecule has 0 radical (unpaired) electrons. The van der Waals surface area contributed by atoms with Gasteiger partial charge in [0.05, 0.1) is 13.2 Å². The van der Waals surface area contributed by atoms with Gasteiger partial charge in [0, 0.05) is 51.2 Å². The van der Waals surface area contributed by atoms with Crippen LogP contribution in [0.1, 0.15) is 0 Å². The van der Waals surface area contributed by atoms with Crippen molar-refractivity contribution in [2.45, 2.75) is 0 Å². The topological polar surface area (TPSA) is 71.1 Å². The minimum absolute atomic E-state index is 0.0421. The van der Waals surface area contributed by atoms with Gasteiger partial charge in [-0.15, -0.1) is 0 Å². The highest BCUT2D eigenvalue weighted by molar-refractivity contribution is 14.1. The first-order chi connectivity index (χ1) is 10.6. The molecule has 0 N–H and O–H groups in total. The minimum Gasteiger partial charge on any atom is -0.491 e. The molecule has 0 aliphatic heterocycles. The molecule has 0 amide bonds. The Hall–Kier alpha value is -0.460. The molecule has 0 aliphatic carbocycles. The van der Waals surface area contributed by atoms with E-state index in [4.69, 9.17) is 18.9 Å². The number of benzene rings is 1. The fourth-order valence-corrected chi connectivity index (χ4v) is 1.84. The van der Waals surface area contributed by atoms with Crippen molar-refractivity contribution in [2.24, 2.45) is 0 Å². The zero-order chi connectivity index (χ0) is 16.2. The van der Waals surface area contributed by atoms with Crippen molar-refractivity contribution < 1.29 is 28.5 Å². The van der Waals surface area contributed by atoms with Crippen LogP contribution < -0.4 is 9.47 Å². The van der Waals surface area contributed by atoms with Crippen LogP contribution in [0.25, 0.3) is 0 Å². The summed E-state index contributed by atoms with van der Waals surface area (Å²) in [6.07, 6.45) is 0. The Balaban J connectivity index is 2.21. The molecule has 0 atom stereocenters. The largest absolute Gasteiger partial charge is 0.491 e. The number of ether oxygens (including phenoxy) is 4. The highest BCUT2D eigenvalue weighted by atomic mass is 127. The molecule has 1 aromatic rings. The molecule has 1 rings (SSSR count). The van der Waals surface area contributed by atoms with Crippen molar-refractivity contribution in [1.29, 1.82) is 0 Å². The third-order valence-corrected chi connectivity index (χ3v) is 2.85. The summed E-state index contributed by atoms with van der Waals surface area (Å²) in [5, 5.41) is 0. The summed E-state index contributed by atoms with van der Waals surface area (Å²) in [6.45, 7) is 1.58. The maximum absolute atomic E-state index is 10.7. The summed E-state index contributed by atoms with van der Waals surface area (Å²) < 4.78 is 21.1. The van der Waals surface area contributed by atoms with Crippen molar-refractivity contribution in [2.75, 3.05) is 39.6 Å². The van der Waals surface area contributed by atoms with Gasteiger partial charge in [0.1, 0.15) is 37.9 Å². The SMILES string of the molecule is O=C(I)COCCOc1cccc(OCCOCC(=O)I)c1. The van der Waals surface area contributed by atoms with E-state index in [9.17, 15) is 9.59 Å². The number of rotatable bonds is 12. The molecule has 122 valence electrons. The van der Waals surface area contributed by atoms with Crippen LogP contribution in [-0.4, -0.2) is 47.2 Å². The predicted molar refractivity (Wildman–Crippen MR) is 97.1 cm³/mol. The summed E-state index contributed by atoms with van der Waals surface area (Å²) in [7, 11) is 0. The van der Waals surface area contributed by atoms with Crippen molar-refractivity contribution in [3.63, 3.8) is 0 Å². The summed E-state index contributed by atoms with van der Waals surface area (Å²) >= 11 is 3.36. The third kappa shape index (κ3) is 10.3. The molecule has 0 saturated heterocycles. The van der Waals surface area contributed by atoms with Crippen LogP contribution in [0.2, 0.25) is 0 Å². The van der Waals surface area contributed by atoms with Gasteiger partial charge >= 0.3 is 0 Å². The molecule has 0 bridgehead atoms. The fourth-order valence-electron chi connectivity index (χ4n) is 1.40. The molecule has 0 aliphatic rings. The summed E-state index contributed by atoms with van der Waals surface area (Å²) in [4.78, 5) is 21.4. The van der Waals surface area contributed by atoms with Gasteiger partial charge in [-0.1, -0.05) is 6.07 Å². The molecule has 0 aromatic heterocycles. The van der Waals surface area contributed by atoms with E-state index < -0.39 is 0 Å². The predicted octanol–water partition coefficient (Wildman–Crippen LogP) is 2.40. The Labute approximate surface area is 156 Å². The maximum Gasteiger partial charge on any atom is 0.217 e. The normalized spacial score (nSPS) is 10.3. The lowest BCUT2D eigenvalue weighted by atomic mass is 10.3. The first-order valence-electron chi connectivity index (χ1n) is 6.45. The summed E-state index contributed by atoms with van der Waals surface area (Å²) in [5.74, 6) is 1.32. The van der Waals surface area contributed by atoms with Crippen molar-refractivity contribution in [1.82, 2.24) is 0 Å². The van der Waals surface area contributed by atoms with Crippen molar-refractivity contribution in [3.05, 3.63) is 24.3 Å². The van der Waals surface area contributed by atoms with Crippen LogP contribution >= 0.6 is 45.2 Å². The van der Waals surface area contributed by atoms with Gasteiger partial charge in [-0.2, -0.15) is 0 Å². The molecule has 0 saturated carbocycles. The molecule has 0 unspecified atom stereocenters. The minimum atomic E-state index is -0.0421. The number of hydrogen-bond acceptors (Lipinski definition) is 6. The van der Waals surface area contributed by atoms with Crippen molar-refractivity contribution in [3.8, 4) is 11.5 Å². The summed E-state index contributed by atoms with van der Waals surface area (Å²) in [6, 6.07) is 7.19. The number of carbonyl (C=O) groups is 2.